The molecule has 1 aromatic heterocycles. The molecule has 0 fully saturated rings. The number of hydrogen-bond acceptors (Lipinski definition) is 3. The first-order valence-electron chi connectivity index (χ1n) is 6.18. The monoisotopic (exact) mass is 244 g/mol. The Kier molecular flexibility index (Phi) is 2.84. The Bertz CT molecular complexity index is 531. The van der Waals surface area contributed by atoms with E-state index < -0.39 is 6.10 Å². The van der Waals surface area contributed by atoms with Gasteiger partial charge < -0.3 is 14.3 Å². The standard InChI is InChI=1S/C15H16O3/c1-17-11-5-7-12-10(9-11)4-6-13(15(12)16)14-3-2-8-18-14/h2-3,5,7-9,13,15-16H,4,6H2,1H3. The number of methoxy groups -OCH3 is 1. The number of aryl methyl sites for hydroxylation is 1. The van der Waals surface area contributed by atoms with Crippen LogP contribution in [0.2, 0.25) is 0 Å². The minimum absolute atomic E-state index is 0.0564. The van der Waals surface area contributed by atoms with Crippen LogP contribution >= 0.6 is 0 Å². The van der Waals surface area contributed by atoms with Gasteiger partial charge in [-0.25, -0.2) is 0 Å². The van der Waals surface area contributed by atoms with E-state index >= 15 is 0 Å². The molecule has 1 aromatic carbocycles. The van der Waals surface area contributed by atoms with Gasteiger partial charge in [0.1, 0.15) is 11.5 Å². The van der Waals surface area contributed by atoms with E-state index in [-0.39, 0.29) is 5.92 Å². The predicted octanol–water partition coefficient (Wildman–Crippen LogP) is 3.05. The van der Waals surface area contributed by atoms with Crippen LogP contribution in [0.4, 0.5) is 0 Å². The maximum atomic E-state index is 10.5. The number of aliphatic hydroxyl groups is 1. The van der Waals surface area contributed by atoms with Crippen LogP contribution in [-0.2, 0) is 6.42 Å². The summed E-state index contributed by atoms with van der Waals surface area (Å²) in [5.41, 5.74) is 2.16. The Morgan fingerprint density at radius 2 is 2.22 bits per heavy atom. The summed E-state index contributed by atoms with van der Waals surface area (Å²) in [5, 5.41) is 10.5. The summed E-state index contributed by atoms with van der Waals surface area (Å²) in [6, 6.07) is 9.66. The molecule has 1 aliphatic rings. The highest BCUT2D eigenvalue weighted by atomic mass is 16.5. The Balaban J connectivity index is 1.95. The number of aliphatic hydroxyl groups excluding tert-OH is 1. The van der Waals surface area contributed by atoms with Crippen molar-refractivity contribution in [3.63, 3.8) is 0 Å². The first-order valence-corrected chi connectivity index (χ1v) is 6.18. The molecule has 1 aliphatic carbocycles. The second-order valence-corrected chi connectivity index (χ2v) is 4.67. The molecular weight excluding hydrogens is 228 g/mol. The molecule has 0 bridgehead atoms. The van der Waals surface area contributed by atoms with Crippen molar-refractivity contribution >= 4 is 0 Å². The number of hydrogen-bond donors (Lipinski definition) is 1. The molecule has 2 unspecified atom stereocenters. The molecule has 1 heterocycles. The van der Waals surface area contributed by atoms with Crippen LogP contribution in [0.15, 0.2) is 41.0 Å². The largest absolute Gasteiger partial charge is 0.497 e. The summed E-state index contributed by atoms with van der Waals surface area (Å²) >= 11 is 0. The van der Waals surface area contributed by atoms with Crippen molar-refractivity contribution in [3.8, 4) is 5.75 Å². The fourth-order valence-corrected chi connectivity index (χ4v) is 2.70. The van der Waals surface area contributed by atoms with Crippen LogP contribution in [0.3, 0.4) is 0 Å². The minimum atomic E-state index is -0.495. The summed E-state index contributed by atoms with van der Waals surface area (Å²) in [4.78, 5) is 0. The highest BCUT2D eigenvalue weighted by Crippen LogP contribution is 2.41. The van der Waals surface area contributed by atoms with Gasteiger partial charge in [-0.1, -0.05) is 6.07 Å². The van der Waals surface area contributed by atoms with E-state index in [1.54, 1.807) is 13.4 Å². The second kappa shape index (κ2) is 4.50. The Morgan fingerprint density at radius 1 is 1.33 bits per heavy atom. The molecule has 1 N–H and O–H groups in total. The van der Waals surface area contributed by atoms with Crippen LogP contribution in [0.5, 0.6) is 5.75 Å². The molecule has 18 heavy (non-hydrogen) atoms. The number of ether oxygens (including phenoxy) is 1. The van der Waals surface area contributed by atoms with Crippen LogP contribution < -0.4 is 4.74 Å². The average molecular weight is 244 g/mol. The van der Waals surface area contributed by atoms with Gasteiger partial charge in [0.15, 0.2) is 0 Å². The molecule has 2 aromatic rings. The van der Waals surface area contributed by atoms with Gasteiger partial charge in [-0.2, -0.15) is 0 Å². The van der Waals surface area contributed by atoms with E-state index in [9.17, 15) is 5.11 Å². The zero-order valence-corrected chi connectivity index (χ0v) is 10.3. The highest BCUT2D eigenvalue weighted by molar-refractivity contribution is 5.40. The Morgan fingerprint density at radius 3 is 2.94 bits per heavy atom. The quantitative estimate of drug-likeness (QED) is 0.882. The third-order valence-electron chi connectivity index (χ3n) is 3.68. The van der Waals surface area contributed by atoms with Crippen molar-refractivity contribution < 1.29 is 14.3 Å². The first kappa shape index (κ1) is 11.4. The van der Waals surface area contributed by atoms with Gasteiger partial charge in [0.05, 0.1) is 19.5 Å². The third-order valence-corrected chi connectivity index (χ3v) is 3.68. The molecule has 0 saturated carbocycles. The maximum Gasteiger partial charge on any atom is 0.119 e. The zero-order valence-electron chi connectivity index (χ0n) is 10.3. The van der Waals surface area contributed by atoms with Crippen molar-refractivity contribution in [2.75, 3.05) is 7.11 Å². The SMILES string of the molecule is COc1ccc2c(c1)CCC(c1ccco1)C2O. The van der Waals surface area contributed by atoms with Crippen molar-refractivity contribution in [1.29, 1.82) is 0 Å². The first-order chi connectivity index (χ1) is 8.79. The van der Waals surface area contributed by atoms with Gasteiger partial charge in [-0.05, 0) is 48.2 Å². The number of fused-ring (bicyclic) bond motifs is 1. The minimum Gasteiger partial charge on any atom is -0.497 e. The summed E-state index contributed by atoms with van der Waals surface area (Å²) < 4.78 is 10.6. The van der Waals surface area contributed by atoms with Crippen LogP contribution in [0.1, 0.15) is 35.3 Å². The van der Waals surface area contributed by atoms with Gasteiger partial charge in [0.2, 0.25) is 0 Å². The topological polar surface area (TPSA) is 42.6 Å². The van der Waals surface area contributed by atoms with Crippen molar-refractivity contribution in [2.45, 2.75) is 24.9 Å². The molecule has 3 nitrogen and oxygen atoms in total. The molecule has 0 saturated heterocycles. The van der Waals surface area contributed by atoms with E-state index in [4.69, 9.17) is 9.15 Å². The second-order valence-electron chi connectivity index (χ2n) is 4.67. The van der Waals surface area contributed by atoms with Crippen LogP contribution in [-0.4, -0.2) is 12.2 Å². The summed E-state index contributed by atoms with van der Waals surface area (Å²) in [5.74, 6) is 1.77. The lowest BCUT2D eigenvalue weighted by molar-refractivity contribution is 0.121. The van der Waals surface area contributed by atoms with Gasteiger partial charge >= 0.3 is 0 Å². The lowest BCUT2D eigenvalue weighted by Gasteiger charge is -2.29. The molecule has 3 heteroatoms. The van der Waals surface area contributed by atoms with E-state index in [0.717, 1.165) is 29.9 Å². The van der Waals surface area contributed by atoms with Crippen LogP contribution in [0.25, 0.3) is 0 Å². The highest BCUT2D eigenvalue weighted by Gasteiger charge is 2.30. The Hall–Kier alpha value is -1.74. The van der Waals surface area contributed by atoms with Gasteiger partial charge in [0, 0.05) is 5.92 Å². The normalized spacial score (nSPS) is 22.6. The zero-order chi connectivity index (χ0) is 12.5. The van der Waals surface area contributed by atoms with E-state index in [1.807, 2.05) is 30.3 Å². The van der Waals surface area contributed by atoms with Gasteiger partial charge in [0.25, 0.3) is 0 Å². The molecule has 0 radical (unpaired) electrons. The van der Waals surface area contributed by atoms with Gasteiger partial charge in [-0.15, -0.1) is 0 Å². The fourth-order valence-electron chi connectivity index (χ4n) is 2.70. The van der Waals surface area contributed by atoms with Gasteiger partial charge in [-0.3, -0.25) is 0 Å². The lowest BCUT2D eigenvalue weighted by Crippen LogP contribution is -2.18. The lowest BCUT2D eigenvalue weighted by atomic mass is 9.80. The molecule has 0 aliphatic heterocycles. The van der Waals surface area contributed by atoms with Crippen molar-refractivity contribution in [1.82, 2.24) is 0 Å². The summed E-state index contributed by atoms with van der Waals surface area (Å²) in [6.45, 7) is 0. The molecule has 2 atom stereocenters. The molecule has 3 rings (SSSR count). The summed E-state index contributed by atoms with van der Waals surface area (Å²) in [6.07, 6.45) is 3.00. The average Bonchev–Trinajstić information content (AvgIpc) is 2.92. The molecule has 0 amide bonds. The van der Waals surface area contributed by atoms with E-state index in [0.29, 0.717) is 0 Å². The number of rotatable bonds is 2. The van der Waals surface area contributed by atoms with E-state index in [2.05, 4.69) is 0 Å². The smallest absolute Gasteiger partial charge is 0.119 e. The third kappa shape index (κ3) is 1.81. The molecular formula is C15H16O3. The maximum absolute atomic E-state index is 10.5. The molecule has 0 spiro atoms. The van der Waals surface area contributed by atoms with Crippen LogP contribution in [0, 0.1) is 0 Å². The van der Waals surface area contributed by atoms with Crippen molar-refractivity contribution in [3.05, 3.63) is 53.5 Å². The van der Waals surface area contributed by atoms with Crippen molar-refractivity contribution in [2.24, 2.45) is 0 Å². The Labute approximate surface area is 106 Å². The predicted molar refractivity (Wildman–Crippen MR) is 67.7 cm³/mol. The molecule has 94 valence electrons. The number of furan rings is 1. The summed E-state index contributed by atoms with van der Waals surface area (Å²) in [7, 11) is 1.66. The fraction of sp³-hybridized carbons (Fsp3) is 0.333. The number of benzene rings is 1. The van der Waals surface area contributed by atoms with E-state index in [1.165, 1.54) is 5.56 Å².